The highest BCUT2D eigenvalue weighted by Gasteiger charge is 2.36. The molecule has 1 aromatic rings. The Kier molecular flexibility index (Phi) is 4.90. The third-order valence-corrected chi connectivity index (χ3v) is 6.08. The number of nitrogens with two attached hydrogens (primary N) is 1. The van der Waals surface area contributed by atoms with Crippen molar-refractivity contribution >= 4 is 27.3 Å². The van der Waals surface area contributed by atoms with Crippen LogP contribution in [0.5, 0.6) is 0 Å². The maximum atomic E-state index is 12.8. The molecule has 1 aliphatic carbocycles. The van der Waals surface area contributed by atoms with E-state index in [0.29, 0.717) is 6.42 Å². The number of aliphatic hydroxyl groups excluding tert-OH is 1. The first kappa shape index (κ1) is 15.6. The number of hydrogen-bond acceptors (Lipinski definition) is 4. The maximum Gasteiger partial charge on any atom is 0.246 e. The first-order chi connectivity index (χ1) is 9.48. The van der Waals surface area contributed by atoms with Crippen molar-refractivity contribution in [1.29, 1.82) is 0 Å². The number of hydrogen-bond donors (Lipinski definition) is 2. The summed E-state index contributed by atoms with van der Waals surface area (Å²) in [6, 6.07) is 4.67. The Morgan fingerprint density at radius 3 is 2.60 bits per heavy atom. The second-order valence-electron chi connectivity index (χ2n) is 4.94. The van der Waals surface area contributed by atoms with E-state index in [1.807, 2.05) is 0 Å². The van der Waals surface area contributed by atoms with Crippen molar-refractivity contribution in [2.24, 2.45) is 0 Å². The van der Waals surface area contributed by atoms with Crippen LogP contribution in [0.4, 0.5) is 5.69 Å². The molecule has 7 heteroatoms. The Bertz CT molecular complexity index is 553. The summed E-state index contributed by atoms with van der Waals surface area (Å²) in [7, 11) is -3.73. The van der Waals surface area contributed by atoms with E-state index in [-0.39, 0.29) is 34.8 Å². The van der Waals surface area contributed by atoms with E-state index < -0.39 is 10.0 Å². The van der Waals surface area contributed by atoms with Crippen molar-refractivity contribution in [3.63, 3.8) is 0 Å². The van der Waals surface area contributed by atoms with E-state index in [1.54, 1.807) is 6.07 Å². The van der Waals surface area contributed by atoms with E-state index in [4.69, 9.17) is 22.4 Å². The van der Waals surface area contributed by atoms with Crippen molar-refractivity contribution in [3.8, 4) is 0 Å². The Balaban J connectivity index is 2.39. The molecule has 5 nitrogen and oxygen atoms in total. The maximum absolute atomic E-state index is 12.8. The van der Waals surface area contributed by atoms with Crippen LogP contribution in [0, 0.1) is 0 Å². The normalized spacial score (nSPS) is 16.4. The first-order valence-electron chi connectivity index (χ1n) is 6.65. The van der Waals surface area contributed by atoms with E-state index in [2.05, 4.69) is 0 Å². The zero-order valence-corrected chi connectivity index (χ0v) is 12.7. The minimum atomic E-state index is -3.73. The van der Waals surface area contributed by atoms with Crippen molar-refractivity contribution in [2.45, 2.75) is 36.6 Å². The summed E-state index contributed by atoms with van der Waals surface area (Å²) >= 11 is 6.02. The summed E-state index contributed by atoms with van der Waals surface area (Å²) in [5.41, 5.74) is 5.95. The van der Waals surface area contributed by atoms with E-state index in [0.717, 1.165) is 19.3 Å². The number of nitrogens with zero attached hydrogens (tertiary/aromatic N) is 1. The molecule has 0 unspecified atom stereocenters. The molecule has 0 radical (unpaired) electrons. The Morgan fingerprint density at radius 1 is 1.40 bits per heavy atom. The zero-order valence-electron chi connectivity index (χ0n) is 11.1. The van der Waals surface area contributed by atoms with Gasteiger partial charge in [-0.15, -0.1) is 0 Å². The summed E-state index contributed by atoms with van der Waals surface area (Å²) < 4.78 is 27.0. The number of nitrogen functional groups attached to an aromatic ring is 1. The molecule has 2 rings (SSSR count). The average molecular weight is 319 g/mol. The molecule has 1 aliphatic rings. The smallest absolute Gasteiger partial charge is 0.246 e. The lowest BCUT2D eigenvalue weighted by Crippen LogP contribution is -2.45. The van der Waals surface area contributed by atoms with E-state index in [1.165, 1.54) is 16.4 Å². The number of rotatable bonds is 6. The predicted molar refractivity (Wildman–Crippen MR) is 79.1 cm³/mol. The molecule has 3 N–H and O–H groups in total. The van der Waals surface area contributed by atoms with Gasteiger partial charge >= 0.3 is 0 Å². The van der Waals surface area contributed by atoms with Crippen molar-refractivity contribution in [3.05, 3.63) is 23.2 Å². The van der Waals surface area contributed by atoms with Gasteiger partial charge in [0.2, 0.25) is 10.0 Å². The summed E-state index contributed by atoms with van der Waals surface area (Å²) in [4.78, 5) is -0.0218. The van der Waals surface area contributed by atoms with Gasteiger partial charge in [-0.2, -0.15) is 4.31 Å². The molecule has 0 heterocycles. The molecule has 0 aliphatic heterocycles. The van der Waals surface area contributed by atoms with Crippen LogP contribution >= 0.6 is 11.6 Å². The lowest BCUT2D eigenvalue weighted by atomic mass is 9.93. The van der Waals surface area contributed by atoms with E-state index >= 15 is 0 Å². The highest BCUT2D eigenvalue weighted by Crippen LogP contribution is 2.35. The predicted octanol–water partition coefficient (Wildman–Crippen LogP) is 1.85. The van der Waals surface area contributed by atoms with Gasteiger partial charge in [-0.3, -0.25) is 0 Å². The lowest BCUT2D eigenvalue weighted by molar-refractivity contribution is 0.198. The van der Waals surface area contributed by atoms with Crippen molar-refractivity contribution in [1.82, 2.24) is 4.31 Å². The number of aliphatic hydroxyl groups is 1. The van der Waals surface area contributed by atoms with E-state index in [9.17, 15) is 8.42 Å². The monoisotopic (exact) mass is 318 g/mol. The molecule has 0 amide bonds. The van der Waals surface area contributed by atoms with Gasteiger partial charge < -0.3 is 10.8 Å². The van der Waals surface area contributed by atoms with Crippen molar-refractivity contribution < 1.29 is 13.5 Å². The molecule has 1 fully saturated rings. The second-order valence-corrected chi connectivity index (χ2v) is 7.17. The van der Waals surface area contributed by atoms with Crippen LogP contribution in [0.25, 0.3) is 0 Å². The fourth-order valence-corrected chi connectivity index (χ4v) is 4.68. The Hall–Kier alpha value is -0.820. The largest absolute Gasteiger partial charge is 0.398 e. The third kappa shape index (κ3) is 2.93. The molecule has 0 aromatic heterocycles. The SMILES string of the molecule is Nc1cccc(Cl)c1S(=O)(=O)N(CCCO)C1CCC1. The molecule has 0 atom stereocenters. The summed E-state index contributed by atoms with van der Waals surface area (Å²) in [6.07, 6.45) is 3.11. The third-order valence-electron chi connectivity index (χ3n) is 3.58. The zero-order chi connectivity index (χ0) is 14.8. The lowest BCUT2D eigenvalue weighted by Gasteiger charge is -2.36. The number of anilines is 1. The standard InChI is InChI=1S/C13H19ClN2O3S/c14-11-6-2-7-12(15)13(11)20(18,19)16(8-3-9-17)10-4-1-5-10/h2,6-7,10,17H,1,3-5,8-9,15H2. The molecule has 20 heavy (non-hydrogen) atoms. The van der Waals surface area contributed by atoms with Crippen LogP contribution < -0.4 is 5.73 Å². The molecule has 0 spiro atoms. The summed E-state index contributed by atoms with van der Waals surface area (Å²) in [6.45, 7) is 0.241. The quantitative estimate of drug-likeness (QED) is 0.784. The average Bonchev–Trinajstić information content (AvgIpc) is 2.31. The van der Waals surface area contributed by atoms with Crippen LogP contribution in [-0.4, -0.2) is 37.0 Å². The van der Waals surface area contributed by atoms with Crippen LogP contribution in [0.3, 0.4) is 0 Å². The van der Waals surface area contributed by atoms with Crippen LogP contribution in [-0.2, 0) is 10.0 Å². The van der Waals surface area contributed by atoms with Gasteiger partial charge in [-0.1, -0.05) is 24.1 Å². The Morgan fingerprint density at radius 2 is 2.10 bits per heavy atom. The molecule has 1 aromatic carbocycles. The topological polar surface area (TPSA) is 83.6 Å². The molecule has 0 bridgehead atoms. The number of halogens is 1. The number of sulfonamides is 1. The van der Waals surface area contributed by atoms with Crippen LogP contribution in [0.2, 0.25) is 5.02 Å². The molecule has 112 valence electrons. The van der Waals surface area contributed by atoms with Crippen molar-refractivity contribution in [2.75, 3.05) is 18.9 Å². The summed E-state index contributed by atoms with van der Waals surface area (Å²) in [5.74, 6) is 0. The minimum absolute atomic E-state index is 0.0118. The van der Waals surface area contributed by atoms with Gasteiger partial charge in [0.05, 0.1) is 10.7 Å². The minimum Gasteiger partial charge on any atom is -0.398 e. The van der Waals surface area contributed by atoms with Gasteiger partial charge in [-0.25, -0.2) is 8.42 Å². The summed E-state index contributed by atoms with van der Waals surface area (Å²) in [5, 5.41) is 9.10. The van der Waals surface area contributed by atoms with Crippen LogP contribution in [0.15, 0.2) is 23.1 Å². The van der Waals surface area contributed by atoms with Gasteiger partial charge in [0.15, 0.2) is 0 Å². The fraction of sp³-hybridized carbons (Fsp3) is 0.538. The molecular weight excluding hydrogens is 300 g/mol. The Labute approximate surface area is 124 Å². The van der Waals surface area contributed by atoms with Crippen LogP contribution in [0.1, 0.15) is 25.7 Å². The molecule has 1 saturated carbocycles. The van der Waals surface area contributed by atoms with Gasteiger partial charge in [0.25, 0.3) is 0 Å². The van der Waals surface area contributed by atoms with Gasteiger partial charge in [0.1, 0.15) is 4.90 Å². The highest BCUT2D eigenvalue weighted by molar-refractivity contribution is 7.89. The first-order valence-corrected chi connectivity index (χ1v) is 8.47. The highest BCUT2D eigenvalue weighted by atomic mass is 35.5. The van der Waals surface area contributed by atoms with Gasteiger partial charge in [0, 0.05) is 19.2 Å². The number of benzene rings is 1. The second kappa shape index (κ2) is 6.30. The molecular formula is C13H19ClN2O3S. The molecule has 0 saturated heterocycles. The fourth-order valence-electron chi connectivity index (χ4n) is 2.32. The van der Waals surface area contributed by atoms with Gasteiger partial charge in [-0.05, 0) is 31.4 Å².